The quantitative estimate of drug-likeness (QED) is 0.872. The van der Waals surface area contributed by atoms with E-state index in [1.165, 1.54) is 0 Å². The van der Waals surface area contributed by atoms with E-state index in [4.69, 9.17) is 5.11 Å². The van der Waals surface area contributed by atoms with Crippen molar-refractivity contribution in [3.8, 4) is 0 Å². The lowest BCUT2D eigenvalue weighted by molar-refractivity contribution is 0.0689. The number of carboxylic acids is 1. The molecule has 0 bridgehead atoms. The van der Waals surface area contributed by atoms with Gasteiger partial charge in [0.15, 0.2) is 5.69 Å². The number of nitrogens with zero attached hydrogens (tertiary/aromatic N) is 2. The molecule has 1 aromatic rings. The van der Waals surface area contributed by atoms with Crippen LogP contribution >= 0.6 is 0 Å². The summed E-state index contributed by atoms with van der Waals surface area (Å²) in [7, 11) is 0. The molecule has 18 heavy (non-hydrogen) atoms. The highest BCUT2D eigenvalue weighted by molar-refractivity contribution is 5.87. The van der Waals surface area contributed by atoms with Gasteiger partial charge in [0.05, 0.1) is 5.70 Å². The molecule has 1 unspecified atom stereocenters. The van der Waals surface area contributed by atoms with E-state index < -0.39 is 5.97 Å². The summed E-state index contributed by atoms with van der Waals surface area (Å²) >= 11 is 0. The van der Waals surface area contributed by atoms with Crippen molar-refractivity contribution in [2.45, 2.75) is 33.6 Å². The van der Waals surface area contributed by atoms with Crippen molar-refractivity contribution >= 4 is 11.7 Å². The third-order valence-corrected chi connectivity index (χ3v) is 3.43. The van der Waals surface area contributed by atoms with Gasteiger partial charge in [0.25, 0.3) is 0 Å². The van der Waals surface area contributed by atoms with Crippen LogP contribution in [0, 0.1) is 19.8 Å². The second-order valence-corrected chi connectivity index (χ2v) is 4.82. The average Bonchev–Trinajstić information content (AvgIpc) is 2.51. The molecule has 0 saturated heterocycles. The van der Waals surface area contributed by atoms with Crippen LogP contribution in [0.2, 0.25) is 0 Å². The number of allylic oxidation sites excluding steroid dienone is 4. The van der Waals surface area contributed by atoms with E-state index in [0.29, 0.717) is 5.92 Å². The fraction of sp³-hybridized carbons (Fsp3) is 0.429. The zero-order valence-corrected chi connectivity index (χ0v) is 11.0. The van der Waals surface area contributed by atoms with Crippen LogP contribution < -0.4 is 0 Å². The minimum absolute atomic E-state index is 0.138. The lowest BCUT2D eigenvalue weighted by atomic mass is 10.1. The lowest BCUT2D eigenvalue weighted by Gasteiger charge is -2.04. The van der Waals surface area contributed by atoms with Gasteiger partial charge in [-0.1, -0.05) is 19.1 Å². The van der Waals surface area contributed by atoms with Crippen molar-refractivity contribution in [2.24, 2.45) is 5.92 Å². The van der Waals surface area contributed by atoms with Crippen molar-refractivity contribution in [2.75, 3.05) is 0 Å². The first kappa shape index (κ1) is 12.6. The second kappa shape index (κ2) is 4.80. The minimum atomic E-state index is -0.971. The van der Waals surface area contributed by atoms with Crippen LogP contribution in [-0.2, 0) is 0 Å². The van der Waals surface area contributed by atoms with E-state index in [-0.39, 0.29) is 5.69 Å². The minimum Gasteiger partial charge on any atom is -0.476 e. The summed E-state index contributed by atoms with van der Waals surface area (Å²) in [4.78, 5) is 11.1. The zero-order valence-electron chi connectivity index (χ0n) is 11.0. The molecule has 4 nitrogen and oxygen atoms in total. The monoisotopic (exact) mass is 246 g/mol. The van der Waals surface area contributed by atoms with E-state index in [9.17, 15) is 4.79 Å². The molecule has 1 aromatic heterocycles. The summed E-state index contributed by atoms with van der Waals surface area (Å²) in [6.45, 7) is 5.88. The molecule has 4 heteroatoms. The van der Waals surface area contributed by atoms with Gasteiger partial charge in [-0.15, -0.1) is 0 Å². The maximum absolute atomic E-state index is 11.1. The van der Waals surface area contributed by atoms with Crippen LogP contribution in [0.3, 0.4) is 0 Å². The Hall–Kier alpha value is -1.84. The van der Waals surface area contributed by atoms with Crippen molar-refractivity contribution < 1.29 is 9.90 Å². The smallest absolute Gasteiger partial charge is 0.356 e. The molecule has 1 aliphatic rings. The number of hydrogen-bond donors (Lipinski definition) is 1. The summed E-state index contributed by atoms with van der Waals surface area (Å²) in [5.41, 5.74) is 2.72. The van der Waals surface area contributed by atoms with Crippen LogP contribution in [0.15, 0.2) is 18.2 Å². The maximum atomic E-state index is 11.1. The Morgan fingerprint density at radius 3 is 2.83 bits per heavy atom. The molecule has 0 spiro atoms. The Morgan fingerprint density at radius 2 is 2.22 bits per heavy atom. The number of hydrogen-bond acceptors (Lipinski definition) is 2. The summed E-state index contributed by atoms with van der Waals surface area (Å²) < 4.78 is 1.73. The van der Waals surface area contributed by atoms with E-state index in [2.05, 4.69) is 24.2 Å². The number of aromatic nitrogens is 2. The van der Waals surface area contributed by atoms with E-state index in [1.807, 2.05) is 13.0 Å². The average molecular weight is 246 g/mol. The fourth-order valence-corrected chi connectivity index (χ4v) is 2.11. The Kier molecular flexibility index (Phi) is 3.36. The van der Waals surface area contributed by atoms with Gasteiger partial charge in [-0.2, -0.15) is 5.10 Å². The van der Waals surface area contributed by atoms with Gasteiger partial charge in [-0.25, -0.2) is 9.48 Å². The van der Waals surface area contributed by atoms with Crippen molar-refractivity contribution in [3.05, 3.63) is 35.2 Å². The van der Waals surface area contributed by atoms with Crippen LogP contribution in [0.5, 0.6) is 0 Å². The summed E-state index contributed by atoms with van der Waals surface area (Å²) in [6.07, 6.45) is 8.40. The SMILES string of the molecule is Cc1c(C(=O)O)nn(C2=CCCC(C)C=C2)c1C. The molecule has 1 heterocycles. The van der Waals surface area contributed by atoms with E-state index in [0.717, 1.165) is 29.8 Å². The molecule has 96 valence electrons. The second-order valence-electron chi connectivity index (χ2n) is 4.82. The van der Waals surface area contributed by atoms with Crippen LogP contribution in [0.1, 0.15) is 41.5 Å². The summed E-state index contributed by atoms with van der Waals surface area (Å²) in [5, 5.41) is 13.3. The normalized spacial score (nSPS) is 19.5. The molecule has 2 rings (SSSR count). The number of aromatic carboxylic acids is 1. The van der Waals surface area contributed by atoms with Gasteiger partial charge in [-0.3, -0.25) is 0 Å². The maximum Gasteiger partial charge on any atom is 0.356 e. The number of carboxylic acid groups (broad SMARTS) is 1. The van der Waals surface area contributed by atoms with Crippen molar-refractivity contribution in [1.82, 2.24) is 9.78 Å². The molecule has 0 aliphatic heterocycles. The Morgan fingerprint density at radius 1 is 1.50 bits per heavy atom. The molecule has 0 amide bonds. The first-order chi connectivity index (χ1) is 8.50. The van der Waals surface area contributed by atoms with Gasteiger partial charge in [-0.05, 0) is 38.7 Å². The standard InChI is InChI=1S/C14H18N2O2/c1-9-5-4-6-12(8-7-9)16-11(3)10(2)13(15-16)14(17)18/h6-9H,4-5H2,1-3H3,(H,17,18). The molecule has 0 saturated carbocycles. The predicted molar refractivity (Wildman–Crippen MR) is 70.5 cm³/mol. The first-order valence-corrected chi connectivity index (χ1v) is 6.19. The zero-order chi connectivity index (χ0) is 13.3. The van der Waals surface area contributed by atoms with E-state index >= 15 is 0 Å². The van der Waals surface area contributed by atoms with Gasteiger partial charge in [0, 0.05) is 11.3 Å². The molecular formula is C14H18N2O2. The first-order valence-electron chi connectivity index (χ1n) is 6.19. The highest BCUT2D eigenvalue weighted by Crippen LogP contribution is 2.22. The fourth-order valence-electron chi connectivity index (χ4n) is 2.11. The van der Waals surface area contributed by atoms with Crippen LogP contribution in [-0.4, -0.2) is 20.9 Å². The van der Waals surface area contributed by atoms with Crippen LogP contribution in [0.25, 0.3) is 5.70 Å². The third-order valence-electron chi connectivity index (χ3n) is 3.43. The van der Waals surface area contributed by atoms with Gasteiger partial charge in [0.1, 0.15) is 0 Å². The Bertz CT molecular complexity index is 538. The molecule has 1 aliphatic carbocycles. The molecule has 1 N–H and O–H groups in total. The molecule has 0 aromatic carbocycles. The van der Waals surface area contributed by atoms with E-state index in [1.54, 1.807) is 11.6 Å². The Balaban J connectivity index is 2.45. The van der Waals surface area contributed by atoms with Crippen molar-refractivity contribution in [1.29, 1.82) is 0 Å². The van der Waals surface area contributed by atoms with Crippen LogP contribution in [0.4, 0.5) is 0 Å². The number of rotatable bonds is 2. The molecular weight excluding hydrogens is 228 g/mol. The molecule has 0 fully saturated rings. The van der Waals surface area contributed by atoms with Crippen molar-refractivity contribution in [3.63, 3.8) is 0 Å². The summed E-state index contributed by atoms with van der Waals surface area (Å²) in [5.74, 6) is -0.421. The summed E-state index contributed by atoms with van der Waals surface area (Å²) in [6, 6.07) is 0. The third kappa shape index (κ3) is 2.23. The predicted octanol–water partition coefficient (Wildman–Crippen LogP) is 3.03. The highest BCUT2D eigenvalue weighted by atomic mass is 16.4. The van der Waals surface area contributed by atoms with Gasteiger partial charge >= 0.3 is 5.97 Å². The molecule has 1 atom stereocenters. The Labute approximate surface area is 107 Å². The highest BCUT2D eigenvalue weighted by Gasteiger charge is 2.18. The van der Waals surface area contributed by atoms with Gasteiger partial charge < -0.3 is 5.11 Å². The topological polar surface area (TPSA) is 55.1 Å². The molecule has 0 radical (unpaired) electrons. The lowest BCUT2D eigenvalue weighted by Crippen LogP contribution is -2.02. The number of carbonyl (C=O) groups is 1. The largest absolute Gasteiger partial charge is 0.476 e. The van der Waals surface area contributed by atoms with Gasteiger partial charge in [0.2, 0.25) is 0 Å².